The number of hydrogen-bond acceptors (Lipinski definition) is 2. The van der Waals surface area contributed by atoms with Crippen molar-refractivity contribution in [3.8, 4) is 0 Å². The molecule has 0 atom stereocenters. The normalized spacial score (nSPS) is 10.8. The number of aromatic nitrogens is 1. The molecule has 98 valence electrons. The number of benzene rings is 1. The van der Waals surface area contributed by atoms with E-state index in [1.165, 1.54) is 6.08 Å². The van der Waals surface area contributed by atoms with E-state index in [0.717, 1.165) is 11.3 Å². The molecule has 2 rings (SSSR count). The molecule has 2 aromatic rings. The van der Waals surface area contributed by atoms with Crippen molar-refractivity contribution >= 4 is 17.7 Å². The van der Waals surface area contributed by atoms with Crippen molar-refractivity contribution in [3.05, 3.63) is 59.9 Å². The first-order valence-electron chi connectivity index (χ1n) is 6.07. The second-order valence-corrected chi connectivity index (χ2v) is 4.33. The zero-order valence-electron chi connectivity index (χ0n) is 10.8. The average Bonchev–Trinajstić information content (AvgIpc) is 2.81. The van der Waals surface area contributed by atoms with Gasteiger partial charge < -0.3 is 15.6 Å². The first-order chi connectivity index (χ1) is 9.15. The molecule has 4 nitrogen and oxygen atoms in total. The summed E-state index contributed by atoms with van der Waals surface area (Å²) in [6.45, 7) is 0.522. The molecular formula is C15H17N3O. The number of hydrogen-bond donors (Lipinski definition) is 2. The van der Waals surface area contributed by atoms with Crippen molar-refractivity contribution in [2.45, 2.75) is 6.54 Å². The van der Waals surface area contributed by atoms with Crippen LogP contribution in [0.25, 0.3) is 6.08 Å². The maximum absolute atomic E-state index is 11.7. The molecule has 0 saturated carbocycles. The summed E-state index contributed by atoms with van der Waals surface area (Å²) in [5.41, 5.74) is 8.32. The van der Waals surface area contributed by atoms with E-state index in [1.54, 1.807) is 6.08 Å². The van der Waals surface area contributed by atoms with Gasteiger partial charge in [-0.1, -0.05) is 12.1 Å². The Morgan fingerprint density at radius 3 is 2.68 bits per heavy atom. The molecule has 0 radical (unpaired) electrons. The van der Waals surface area contributed by atoms with Crippen molar-refractivity contribution in [2.75, 3.05) is 5.73 Å². The van der Waals surface area contributed by atoms with E-state index in [4.69, 9.17) is 5.73 Å². The first-order valence-corrected chi connectivity index (χ1v) is 6.07. The molecule has 19 heavy (non-hydrogen) atoms. The van der Waals surface area contributed by atoms with Crippen LogP contribution >= 0.6 is 0 Å². The summed E-state index contributed by atoms with van der Waals surface area (Å²) in [5, 5.41) is 2.84. The molecule has 0 unspecified atom stereocenters. The molecule has 3 N–H and O–H groups in total. The highest BCUT2D eigenvalue weighted by atomic mass is 16.1. The molecular weight excluding hydrogens is 238 g/mol. The Kier molecular flexibility index (Phi) is 4.03. The van der Waals surface area contributed by atoms with Crippen LogP contribution < -0.4 is 11.1 Å². The maximum atomic E-state index is 11.7. The molecule has 0 fully saturated rings. The van der Waals surface area contributed by atoms with Crippen molar-refractivity contribution in [3.63, 3.8) is 0 Å². The largest absolute Gasteiger partial charge is 0.399 e. The van der Waals surface area contributed by atoms with Crippen LogP contribution in [0.5, 0.6) is 0 Å². The van der Waals surface area contributed by atoms with Crippen molar-refractivity contribution in [1.82, 2.24) is 9.88 Å². The molecule has 0 saturated heterocycles. The van der Waals surface area contributed by atoms with E-state index in [0.29, 0.717) is 12.2 Å². The quantitative estimate of drug-likeness (QED) is 0.648. The van der Waals surface area contributed by atoms with Crippen LogP contribution in [0.15, 0.2) is 48.7 Å². The number of amides is 1. The zero-order valence-corrected chi connectivity index (χ0v) is 10.8. The van der Waals surface area contributed by atoms with E-state index in [-0.39, 0.29) is 5.91 Å². The monoisotopic (exact) mass is 255 g/mol. The average molecular weight is 255 g/mol. The third-order valence-corrected chi connectivity index (χ3v) is 2.86. The molecule has 0 bridgehead atoms. The van der Waals surface area contributed by atoms with E-state index in [2.05, 4.69) is 5.32 Å². The second kappa shape index (κ2) is 5.91. The summed E-state index contributed by atoms with van der Waals surface area (Å²) in [7, 11) is 1.95. The van der Waals surface area contributed by atoms with Crippen molar-refractivity contribution in [2.24, 2.45) is 7.05 Å². The molecule has 0 aliphatic heterocycles. The summed E-state index contributed by atoms with van der Waals surface area (Å²) < 4.78 is 1.98. The lowest BCUT2D eigenvalue weighted by Crippen LogP contribution is -2.21. The molecule has 1 aromatic heterocycles. The summed E-state index contributed by atoms with van der Waals surface area (Å²) in [6.07, 6.45) is 5.24. The smallest absolute Gasteiger partial charge is 0.244 e. The molecule has 4 heteroatoms. The highest BCUT2D eigenvalue weighted by Crippen LogP contribution is 2.06. The van der Waals surface area contributed by atoms with Gasteiger partial charge in [0.1, 0.15) is 0 Å². The molecule has 1 aromatic carbocycles. The zero-order chi connectivity index (χ0) is 13.7. The van der Waals surface area contributed by atoms with E-state index < -0.39 is 0 Å². The van der Waals surface area contributed by atoms with Crippen LogP contribution in [0.3, 0.4) is 0 Å². The second-order valence-electron chi connectivity index (χ2n) is 4.33. The lowest BCUT2D eigenvalue weighted by Gasteiger charge is -2.03. The summed E-state index contributed by atoms with van der Waals surface area (Å²) in [5.74, 6) is -0.113. The standard InChI is InChI=1S/C15H17N3O/c1-18-10-2-3-14(18)11-17-15(19)9-6-12-4-7-13(16)8-5-12/h2-10H,11,16H2,1H3,(H,17,19)/b9-6+. The van der Waals surface area contributed by atoms with Gasteiger partial charge in [0.25, 0.3) is 0 Å². The number of nitrogens with two attached hydrogens (primary N) is 1. The van der Waals surface area contributed by atoms with Gasteiger partial charge in [0.2, 0.25) is 5.91 Å². The minimum atomic E-state index is -0.113. The van der Waals surface area contributed by atoms with Crippen LogP contribution in [0, 0.1) is 0 Å². The number of nitrogen functional groups attached to an aromatic ring is 1. The van der Waals surface area contributed by atoms with Crippen LogP contribution in [-0.4, -0.2) is 10.5 Å². The predicted molar refractivity (Wildman–Crippen MR) is 77.1 cm³/mol. The molecule has 1 amide bonds. The highest BCUT2D eigenvalue weighted by molar-refractivity contribution is 5.91. The molecule has 0 spiro atoms. The van der Waals surface area contributed by atoms with E-state index in [9.17, 15) is 4.79 Å². The minimum absolute atomic E-state index is 0.113. The fourth-order valence-electron chi connectivity index (χ4n) is 1.70. The number of nitrogens with zero attached hydrogens (tertiary/aromatic N) is 1. The predicted octanol–water partition coefficient (Wildman–Crippen LogP) is 1.94. The number of nitrogens with one attached hydrogen (secondary N) is 1. The van der Waals surface area contributed by atoms with Gasteiger partial charge in [-0.25, -0.2) is 0 Å². The summed E-state index contributed by atoms with van der Waals surface area (Å²) >= 11 is 0. The summed E-state index contributed by atoms with van der Waals surface area (Å²) in [4.78, 5) is 11.7. The van der Waals surface area contributed by atoms with Crippen LogP contribution in [0.4, 0.5) is 5.69 Å². The van der Waals surface area contributed by atoms with Crippen molar-refractivity contribution in [1.29, 1.82) is 0 Å². The van der Waals surface area contributed by atoms with Gasteiger partial charge in [-0.2, -0.15) is 0 Å². The highest BCUT2D eigenvalue weighted by Gasteiger charge is 1.99. The number of carbonyl (C=O) groups is 1. The van der Waals surface area contributed by atoms with E-state index in [1.807, 2.05) is 54.2 Å². The Hall–Kier alpha value is -2.49. The van der Waals surface area contributed by atoms with Gasteiger partial charge in [0.05, 0.1) is 6.54 Å². The SMILES string of the molecule is Cn1cccc1CNC(=O)/C=C/c1ccc(N)cc1. The third kappa shape index (κ3) is 3.74. The maximum Gasteiger partial charge on any atom is 0.244 e. The molecule has 1 heterocycles. The molecule has 0 aliphatic carbocycles. The number of aryl methyl sites for hydroxylation is 1. The minimum Gasteiger partial charge on any atom is -0.399 e. The molecule has 0 aliphatic rings. The fraction of sp³-hybridized carbons (Fsp3) is 0.133. The van der Waals surface area contributed by atoms with Gasteiger partial charge in [-0.05, 0) is 35.9 Å². The number of anilines is 1. The summed E-state index contributed by atoms with van der Waals surface area (Å²) in [6, 6.07) is 11.3. The number of carbonyl (C=O) groups excluding carboxylic acids is 1. The van der Waals surface area contributed by atoms with Gasteiger partial charge in [-0.3, -0.25) is 4.79 Å². The topological polar surface area (TPSA) is 60.0 Å². The van der Waals surface area contributed by atoms with Gasteiger partial charge in [0.15, 0.2) is 0 Å². The Morgan fingerprint density at radius 1 is 1.32 bits per heavy atom. The number of rotatable bonds is 4. The van der Waals surface area contributed by atoms with E-state index >= 15 is 0 Å². The van der Waals surface area contributed by atoms with Crippen LogP contribution in [-0.2, 0) is 18.4 Å². The van der Waals surface area contributed by atoms with Crippen LogP contribution in [0.2, 0.25) is 0 Å². The third-order valence-electron chi connectivity index (χ3n) is 2.86. The first kappa shape index (κ1) is 13.0. The Morgan fingerprint density at radius 2 is 2.05 bits per heavy atom. The van der Waals surface area contributed by atoms with Crippen molar-refractivity contribution < 1.29 is 4.79 Å². The lowest BCUT2D eigenvalue weighted by atomic mass is 10.2. The van der Waals surface area contributed by atoms with Gasteiger partial charge in [-0.15, -0.1) is 0 Å². The Labute approximate surface area is 112 Å². The Bertz CT molecular complexity index is 582. The van der Waals surface area contributed by atoms with Crippen LogP contribution in [0.1, 0.15) is 11.3 Å². The Balaban J connectivity index is 1.87. The fourth-order valence-corrected chi connectivity index (χ4v) is 1.70. The van der Waals surface area contributed by atoms with Gasteiger partial charge >= 0.3 is 0 Å². The lowest BCUT2D eigenvalue weighted by molar-refractivity contribution is -0.116. The van der Waals surface area contributed by atoms with Gasteiger partial charge in [0, 0.05) is 30.7 Å².